The van der Waals surface area contributed by atoms with E-state index < -0.39 is 5.97 Å². The lowest BCUT2D eigenvalue weighted by Crippen LogP contribution is -2.18. The van der Waals surface area contributed by atoms with Crippen molar-refractivity contribution in [2.24, 2.45) is 0 Å². The van der Waals surface area contributed by atoms with E-state index in [0.29, 0.717) is 6.42 Å². The first-order valence-corrected chi connectivity index (χ1v) is 14.7. The van der Waals surface area contributed by atoms with Crippen molar-refractivity contribution in [3.05, 3.63) is 12.2 Å². The lowest BCUT2D eigenvalue weighted by Gasteiger charge is -2.18. The number of hydrogen-bond acceptors (Lipinski definition) is 3. The Bertz CT molecular complexity index is 486. The Balaban J connectivity index is 3.79. The van der Waals surface area contributed by atoms with Crippen LogP contribution in [0.5, 0.6) is 0 Å². The fourth-order valence-electron chi connectivity index (χ4n) is 4.33. The molecule has 0 aromatic carbocycles. The van der Waals surface area contributed by atoms with E-state index in [4.69, 9.17) is 9.84 Å². The quantitative estimate of drug-likeness (QED) is 0.0760. The molecule has 0 fully saturated rings. The van der Waals surface area contributed by atoms with E-state index in [1.165, 1.54) is 70.6 Å². The van der Waals surface area contributed by atoms with Crippen LogP contribution >= 0.6 is 0 Å². The number of aliphatic carboxylic acids is 1. The molecule has 200 valence electrons. The summed E-state index contributed by atoms with van der Waals surface area (Å²) in [6, 6.07) is 0. The van der Waals surface area contributed by atoms with Crippen LogP contribution in [0.15, 0.2) is 12.2 Å². The molecular formula is C30H56O4. The average molecular weight is 481 g/mol. The van der Waals surface area contributed by atoms with Gasteiger partial charge >= 0.3 is 11.9 Å². The Labute approximate surface area is 211 Å². The first kappa shape index (κ1) is 32.7. The Morgan fingerprint density at radius 2 is 1.09 bits per heavy atom. The zero-order valence-electron chi connectivity index (χ0n) is 22.7. The molecule has 0 aromatic heterocycles. The zero-order chi connectivity index (χ0) is 25.1. The van der Waals surface area contributed by atoms with Crippen molar-refractivity contribution in [2.45, 2.75) is 168 Å². The van der Waals surface area contributed by atoms with E-state index in [9.17, 15) is 9.59 Å². The summed E-state index contributed by atoms with van der Waals surface area (Å²) in [5.74, 6) is -0.764. The maximum Gasteiger partial charge on any atom is 0.306 e. The third-order valence-electron chi connectivity index (χ3n) is 6.46. The summed E-state index contributed by atoms with van der Waals surface area (Å²) < 4.78 is 5.74. The van der Waals surface area contributed by atoms with E-state index in [1.807, 2.05) is 6.92 Å². The molecule has 0 radical (unpaired) electrons. The van der Waals surface area contributed by atoms with Crippen LogP contribution in [0.2, 0.25) is 0 Å². The van der Waals surface area contributed by atoms with Crippen LogP contribution in [-0.4, -0.2) is 23.1 Å². The number of ether oxygens (including phenoxy) is 1. The zero-order valence-corrected chi connectivity index (χ0v) is 22.7. The van der Waals surface area contributed by atoms with Gasteiger partial charge in [-0.05, 0) is 64.2 Å². The molecule has 4 nitrogen and oxygen atoms in total. The number of carboxylic acid groups (broad SMARTS) is 1. The van der Waals surface area contributed by atoms with Gasteiger partial charge in [0.05, 0.1) is 0 Å². The number of unbranched alkanes of at least 4 members (excludes halogenated alkanes) is 15. The summed E-state index contributed by atoms with van der Waals surface area (Å²) in [5.41, 5.74) is 0. The van der Waals surface area contributed by atoms with Gasteiger partial charge in [0.15, 0.2) is 0 Å². The summed E-state index contributed by atoms with van der Waals surface area (Å²) in [4.78, 5) is 22.5. The molecular weight excluding hydrogens is 424 g/mol. The van der Waals surface area contributed by atoms with E-state index >= 15 is 0 Å². The van der Waals surface area contributed by atoms with Gasteiger partial charge < -0.3 is 9.84 Å². The molecule has 0 spiro atoms. The Hall–Kier alpha value is -1.32. The number of allylic oxidation sites excluding steroid dienone is 2. The molecule has 0 heterocycles. The minimum Gasteiger partial charge on any atom is -0.481 e. The van der Waals surface area contributed by atoms with Gasteiger partial charge in [0.2, 0.25) is 0 Å². The third-order valence-corrected chi connectivity index (χ3v) is 6.46. The van der Waals surface area contributed by atoms with Gasteiger partial charge in [0.1, 0.15) is 6.10 Å². The smallest absolute Gasteiger partial charge is 0.306 e. The normalized spacial score (nSPS) is 12.3. The number of hydrogen-bond donors (Lipinski definition) is 1. The van der Waals surface area contributed by atoms with Crippen LogP contribution in [-0.2, 0) is 14.3 Å². The Morgan fingerprint density at radius 3 is 1.62 bits per heavy atom. The molecule has 0 saturated heterocycles. The van der Waals surface area contributed by atoms with Crippen molar-refractivity contribution in [1.82, 2.24) is 0 Å². The topological polar surface area (TPSA) is 63.6 Å². The minimum atomic E-state index is -0.707. The molecule has 34 heavy (non-hydrogen) atoms. The SMILES string of the molecule is CCCCCCCCCC/C=C\CCCCCC(CCCCCCCC(=O)O)OC(=O)CCC. The monoisotopic (exact) mass is 480 g/mol. The van der Waals surface area contributed by atoms with Crippen LogP contribution in [0.1, 0.15) is 162 Å². The largest absolute Gasteiger partial charge is 0.481 e. The number of carbonyl (C=O) groups is 2. The van der Waals surface area contributed by atoms with Gasteiger partial charge in [-0.2, -0.15) is 0 Å². The highest BCUT2D eigenvalue weighted by Gasteiger charge is 2.13. The van der Waals surface area contributed by atoms with Crippen molar-refractivity contribution in [1.29, 1.82) is 0 Å². The summed E-state index contributed by atoms with van der Waals surface area (Å²) in [5, 5.41) is 8.70. The number of rotatable bonds is 26. The number of carbonyl (C=O) groups excluding carboxylic acids is 1. The van der Waals surface area contributed by atoms with E-state index in [-0.39, 0.29) is 18.5 Å². The molecule has 0 aliphatic carbocycles. The second-order valence-electron chi connectivity index (χ2n) is 9.94. The summed E-state index contributed by atoms with van der Waals surface area (Å²) in [6.45, 7) is 4.28. The Kier molecular flexibility index (Phi) is 25.3. The molecule has 0 amide bonds. The minimum absolute atomic E-state index is 0.0515. The van der Waals surface area contributed by atoms with Gasteiger partial charge in [-0.3, -0.25) is 9.59 Å². The molecule has 4 heteroatoms. The first-order chi connectivity index (χ1) is 16.6. The maximum atomic E-state index is 12.0. The van der Waals surface area contributed by atoms with Crippen molar-refractivity contribution in [3.8, 4) is 0 Å². The lowest BCUT2D eigenvalue weighted by atomic mass is 10.0. The molecule has 0 rings (SSSR count). The van der Waals surface area contributed by atoms with E-state index in [2.05, 4.69) is 19.1 Å². The molecule has 1 unspecified atom stereocenters. The molecule has 0 aliphatic rings. The fraction of sp³-hybridized carbons (Fsp3) is 0.867. The molecule has 1 atom stereocenters. The maximum absolute atomic E-state index is 12.0. The van der Waals surface area contributed by atoms with Crippen LogP contribution in [0.4, 0.5) is 0 Å². The predicted octanol–water partition coefficient (Wildman–Crippen LogP) is 9.55. The lowest BCUT2D eigenvalue weighted by molar-refractivity contribution is -0.150. The van der Waals surface area contributed by atoms with Crippen molar-refractivity contribution < 1.29 is 19.4 Å². The summed E-state index contributed by atoms with van der Waals surface area (Å²) in [6.07, 6.45) is 30.2. The second-order valence-corrected chi connectivity index (χ2v) is 9.94. The van der Waals surface area contributed by atoms with Gasteiger partial charge in [-0.25, -0.2) is 0 Å². The van der Waals surface area contributed by atoms with Gasteiger partial charge in [0.25, 0.3) is 0 Å². The number of carboxylic acids is 1. The Morgan fingerprint density at radius 1 is 0.618 bits per heavy atom. The van der Waals surface area contributed by atoms with Crippen LogP contribution in [0.3, 0.4) is 0 Å². The highest BCUT2D eigenvalue weighted by Crippen LogP contribution is 2.17. The number of esters is 1. The highest BCUT2D eigenvalue weighted by molar-refractivity contribution is 5.69. The van der Waals surface area contributed by atoms with Gasteiger partial charge in [-0.15, -0.1) is 0 Å². The van der Waals surface area contributed by atoms with E-state index in [0.717, 1.165) is 64.2 Å². The molecule has 0 aromatic rings. The van der Waals surface area contributed by atoms with Gasteiger partial charge in [-0.1, -0.05) is 96.6 Å². The summed E-state index contributed by atoms with van der Waals surface area (Å²) >= 11 is 0. The fourth-order valence-corrected chi connectivity index (χ4v) is 4.33. The van der Waals surface area contributed by atoms with Gasteiger partial charge in [0, 0.05) is 12.8 Å². The van der Waals surface area contributed by atoms with Crippen molar-refractivity contribution in [3.63, 3.8) is 0 Å². The molecule has 0 bridgehead atoms. The second kappa shape index (κ2) is 26.3. The summed E-state index contributed by atoms with van der Waals surface area (Å²) in [7, 11) is 0. The molecule has 0 aliphatic heterocycles. The van der Waals surface area contributed by atoms with E-state index in [1.54, 1.807) is 0 Å². The first-order valence-electron chi connectivity index (χ1n) is 14.7. The van der Waals surface area contributed by atoms with Crippen LogP contribution in [0.25, 0.3) is 0 Å². The van der Waals surface area contributed by atoms with Crippen LogP contribution < -0.4 is 0 Å². The standard InChI is InChI=1S/C30H56O4/c1-3-5-6-7-8-9-10-11-12-13-14-15-16-18-21-25-28(34-30(33)24-4-2)26-22-19-17-20-23-27-29(31)32/h13-14,28H,3-12,15-27H2,1-2H3,(H,31,32)/b14-13-. The average Bonchev–Trinajstić information content (AvgIpc) is 2.80. The third kappa shape index (κ3) is 25.3. The molecule has 0 saturated carbocycles. The van der Waals surface area contributed by atoms with Crippen LogP contribution in [0, 0.1) is 0 Å². The molecule has 1 N–H and O–H groups in total. The van der Waals surface area contributed by atoms with Crippen molar-refractivity contribution in [2.75, 3.05) is 0 Å². The van der Waals surface area contributed by atoms with Crippen molar-refractivity contribution >= 4 is 11.9 Å². The predicted molar refractivity (Wildman–Crippen MR) is 144 cm³/mol. The highest BCUT2D eigenvalue weighted by atomic mass is 16.5.